The third kappa shape index (κ3) is 8.12. The molecular weight excluding hydrogens is 550 g/mol. The summed E-state index contributed by atoms with van der Waals surface area (Å²) in [6, 6.07) is 20.0. The number of benzene rings is 3. The number of amides is 2. The number of hydrogen-bond donors (Lipinski definition) is 1. The molecule has 42 heavy (non-hydrogen) atoms. The molecule has 3 rings (SSSR count). The van der Waals surface area contributed by atoms with E-state index in [1.54, 1.807) is 62.6 Å². The number of methoxy groups -OCH3 is 1. The molecule has 226 valence electrons. The van der Waals surface area contributed by atoms with E-state index in [2.05, 4.69) is 19.2 Å². The quantitative estimate of drug-likeness (QED) is 0.276. The Morgan fingerprint density at radius 2 is 1.48 bits per heavy atom. The number of sulfonamides is 1. The van der Waals surface area contributed by atoms with Crippen LogP contribution < -0.4 is 14.4 Å². The van der Waals surface area contributed by atoms with Crippen molar-refractivity contribution >= 4 is 27.5 Å². The Balaban J connectivity index is 2.03. The highest BCUT2D eigenvalue weighted by molar-refractivity contribution is 7.92. The first-order valence-corrected chi connectivity index (χ1v) is 15.7. The third-order valence-corrected chi connectivity index (χ3v) is 9.20. The number of carbonyl (C=O) groups excluding carboxylic acids is 2. The summed E-state index contributed by atoms with van der Waals surface area (Å²) < 4.78 is 34.4. The van der Waals surface area contributed by atoms with Gasteiger partial charge in [0.05, 0.1) is 17.7 Å². The second kappa shape index (κ2) is 14.4. The molecule has 0 aromatic heterocycles. The molecule has 0 bridgehead atoms. The molecule has 0 aliphatic heterocycles. The number of carbonyl (C=O) groups is 2. The van der Waals surface area contributed by atoms with E-state index in [1.807, 2.05) is 45.0 Å². The van der Waals surface area contributed by atoms with Crippen molar-refractivity contribution in [3.8, 4) is 5.75 Å². The fraction of sp³-hybridized carbons (Fsp3) is 0.394. The van der Waals surface area contributed by atoms with Crippen molar-refractivity contribution in [1.82, 2.24) is 10.2 Å². The van der Waals surface area contributed by atoms with Gasteiger partial charge >= 0.3 is 0 Å². The fourth-order valence-corrected chi connectivity index (χ4v) is 5.78. The number of hydrogen-bond acceptors (Lipinski definition) is 5. The van der Waals surface area contributed by atoms with Crippen molar-refractivity contribution in [3.05, 3.63) is 89.5 Å². The van der Waals surface area contributed by atoms with Crippen LogP contribution in [0.5, 0.6) is 5.75 Å². The summed E-state index contributed by atoms with van der Waals surface area (Å²) in [5.74, 6) is 0.119. The van der Waals surface area contributed by atoms with Gasteiger partial charge in [0, 0.05) is 12.6 Å². The van der Waals surface area contributed by atoms with E-state index in [0.29, 0.717) is 11.4 Å². The minimum Gasteiger partial charge on any atom is -0.497 e. The number of anilines is 1. The van der Waals surface area contributed by atoms with E-state index < -0.39 is 28.5 Å². The largest absolute Gasteiger partial charge is 0.497 e. The molecule has 0 aliphatic carbocycles. The smallest absolute Gasteiger partial charge is 0.264 e. The van der Waals surface area contributed by atoms with Crippen molar-refractivity contribution in [3.63, 3.8) is 0 Å². The van der Waals surface area contributed by atoms with Crippen LogP contribution in [0.15, 0.2) is 77.7 Å². The van der Waals surface area contributed by atoms with Gasteiger partial charge in [0.15, 0.2) is 0 Å². The standard InChI is InChI=1S/C33H43N3O5S/c1-8-25(5)34-33(38)26(6)35(21-27-11-17-30(41-7)18-12-27)32(37)22-36(29-15-13-28(14-16-29)23(2)3)42(39,40)31-19-9-24(4)10-20-31/h9-20,23,25-26H,8,21-22H2,1-7H3,(H,34,38)/t25-,26-/m0/s1. The van der Waals surface area contributed by atoms with Crippen LogP contribution in [0.2, 0.25) is 0 Å². The van der Waals surface area contributed by atoms with Gasteiger partial charge in [-0.3, -0.25) is 13.9 Å². The molecule has 3 aromatic rings. The van der Waals surface area contributed by atoms with E-state index in [4.69, 9.17) is 4.74 Å². The summed E-state index contributed by atoms with van der Waals surface area (Å²) in [6.07, 6.45) is 0.736. The molecule has 9 heteroatoms. The van der Waals surface area contributed by atoms with Crippen molar-refractivity contribution in [2.75, 3.05) is 18.0 Å². The first kappa shape index (κ1) is 32.7. The third-order valence-electron chi connectivity index (χ3n) is 7.42. The van der Waals surface area contributed by atoms with E-state index in [0.717, 1.165) is 27.4 Å². The van der Waals surface area contributed by atoms with Gasteiger partial charge in [0.2, 0.25) is 11.8 Å². The zero-order valence-electron chi connectivity index (χ0n) is 25.6. The number of ether oxygens (including phenoxy) is 1. The molecule has 8 nitrogen and oxygen atoms in total. The van der Waals surface area contributed by atoms with Gasteiger partial charge < -0.3 is 15.0 Å². The Labute approximate surface area is 250 Å². The Morgan fingerprint density at radius 3 is 2.00 bits per heavy atom. The molecule has 2 amide bonds. The van der Waals surface area contributed by atoms with Gasteiger partial charge in [-0.25, -0.2) is 8.42 Å². The van der Waals surface area contributed by atoms with Crippen LogP contribution in [0.25, 0.3) is 0 Å². The summed E-state index contributed by atoms with van der Waals surface area (Å²) in [4.78, 5) is 28.8. The predicted molar refractivity (Wildman–Crippen MR) is 167 cm³/mol. The Bertz CT molecular complexity index is 1440. The molecule has 0 aliphatic rings. The predicted octanol–water partition coefficient (Wildman–Crippen LogP) is 5.65. The van der Waals surface area contributed by atoms with E-state index in [-0.39, 0.29) is 29.3 Å². The Hall–Kier alpha value is -3.85. The molecule has 0 saturated carbocycles. The summed E-state index contributed by atoms with van der Waals surface area (Å²) in [5, 5.41) is 2.95. The van der Waals surface area contributed by atoms with Gasteiger partial charge in [0.1, 0.15) is 18.3 Å². The lowest BCUT2D eigenvalue weighted by atomic mass is 10.0. The van der Waals surface area contributed by atoms with Gasteiger partial charge in [-0.1, -0.05) is 62.7 Å². The highest BCUT2D eigenvalue weighted by Gasteiger charge is 2.32. The van der Waals surface area contributed by atoms with Crippen molar-refractivity contribution < 1.29 is 22.7 Å². The summed E-state index contributed by atoms with van der Waals surface area (Å²) in [6.45, 7) is 11.2. The first-order valence-electron chi connectivity index (χ1n) is 14.3. The molecule has 0 heterocycles. The van der Waals surface area contributed by atoms with E-state index >= 15 is 0 Å². The number of rotatable bonds is 13. The first-order chi connectivity index (χ1) is 19.9. The van der Waals surface area contributed by atoms with Gasteiger partial charge in [-0.2, -0.15) is 0 Å². The maximum Gasteiger partial charge on any atom is 0.264 e. The number of nitrogens with zero attached hydrogens (tertiary/aromatic N) is 2. The summed E-state index contributed by atoms with van der Waals surface area (Å²) in [7, 11) is -2.54. The van der Waals surface area contributed by atoms with Crippen LogP contribution in [0, 0.1) is 6.92 Å². The van der Waals surface area contributed by atoms with Crippen molar-refractivity contribution in [2.24, 2.45) is 0 Å². The molecule has 2 atom stereocenters. The maximum absolute atomic E-state index is 14.1. The van der Waals surface area contributed by atoms with E-state index in [1.165, 1.54) is 4.90 Å². The number of aryl methyl sites for hydroxylation is 1. The van der Waals surface area contributed by atoms with E-state index in [9.17, 15) is 18.0 Å². The topological polar surface area (TPSA) is 96.0 Å². The Morgan fingerprint density at radius 1 is 0.881 bits per heavy atom. The molecule has 0 fully saturated rings. The average Bonchev–Trinajstić information content (AvgIpc) is 2.98. The van der Waals surface area contributed by atoms with Crippen LogP contribution in [-0.2, 0) is 26.2 Å². The molecule has 0 radical (unpaired) electrons. The van der Waals surface area contributed by atoms with Gasteiger partial charge in [-0.05, 0) is 80.6 Å². The van der Waals surface area contributed by atoms with Crippen molar-refractivity contribution in [2.45, 2.75) is 77.4 Å². The lowest BCUT2D eigenvalue weighted by molar-refractivity contribution is -0.139. The number of nitrogens with one attached hydrogen (secondary N) is 1. The van der Waals surface area contributed by atoms with Crippen LogP contribution in [0.4, 0.5) is 5.69 Å². The molecule has 1 N–H and O–H groups in total. The average molecular weight is 594 g/mol. The van der Waals surface area contributed by atoms with Gasteiger partial charge in [0.25, 0.3) is 10.0 Å². The molecule has 3 aromatic carbocycles. The second-order valence-electron chi connectivity index (χ2n) is 10.9. The molecule has 0 unspecified atom stereocenters. The normalized spacial score (nSPS) is 12.9. The lowest BCUT2D eigenvalue weighted by Crippen LogP contribution is -2.52. The van der Waals surface area contributed by atoms with Crippen LogP contribution in [0.1, 0.15) is 63.6 Å². The second-order valence-corrected chi connectivity index (χ2v) is 12.8. The minimum absolute atomic E-state index is 0.0734. The summed E-state index contributed by atoms with van der Waals surface area (Å²) in [5.41, 5.74) is 3.12. The highest BCUT2D eigenvalue weighted by atomic mass is 32.2. The molecule has 0 saturated heterocycles. The highest BCUT2D eigenvalue weighted by Crippen LogP contribution is 2.27. The lowest BCUT2D eigenvalue weighted by Gasteiger charge is -2.32. The SMILES string of the molecule is CC[C@H](C)NC(=O)[C@H](C)N(Cc1ccc(OC)cc1)C(=O)CN(c1ccc(C(C)C)cc1)S(=O)(=O)c1ccc(C)cc1. The monoisotopic (exact) mass is 593 g/mol. The van der Waals surface area contributed by atoms with Crippen LogP contribution in [-0.4, -0.2) is 50.9 Å². The Kier molecular flexibility index (Phi) is 11.2. The maximum atomic E-state index is 14.1. The van der Waals surface area contributed by atoms with Crippen LogP contribution in [0.3, 0.4) is 0 Å². The molecular formula is C33H43N3O5S. The molecule has 0 spiro atoms. The summed E-state index contributed by atoms with van der Waals surface area (Å²) >= 11 is 0. The minimum atomic E-state index is -4.11. The van der Waals surface area contributed by atoms with Crippen LogP contribution >= 0.6 is 0 Å². The van der Waals surface area contributed by atoms with Crippen molar-refractivity contribution in [1.29, 1.82) is 0 Å². The fourth-order valence-electron chi connectivity index (χ4n) is 4.37. The van der Waals surface area contributed by atoms with Gasteiger partial charge in [-0.15, -0.1) is 0 Å². The zero-order valence-corrected chi connectivity index (χ0v) is 26.4. The zero-order chi connectivity index (χ0) is 31.0.